The predicted octanol–water partition coefficient (Wildman–Crippen LogP) is 29.5. The lowest BCUT2D eigenvalue weighted by molar-refractivity contribution is -0.870. The summed E-state index contributed by atoms with van der Waals surface area (Å²) in [5, 5.41) is 0. The van der Waals surface area contributed by atoms with Crippen molar-refractivity contribution in [1.82, 2.24) is 0 Å². The van der Waals surface area contributed by atoms with E-state index in [1.807, 2.05) is 21.1 Å². The van der Waals surface area contributed by atoms with Gasteiger partial charge in [0.05, 0.1) is 27.7 Å². The highest BCUT2D eigenvalue weighted by Gasteiger charge is 2.27. The molecule has 102 heavy (non-hydrogen) atoms. The van der Waals surface area contributed by atoms with Crippen LogP contribution in [0.4, 0.5) is 0 Å². The number of ether oxygens (including phenoxy) is 2. The number of nitrogens with zero attached hydrogens (tertiary/aromatic N) is 1. The minimum atomic E-state index is -4.40. The van der Waals surface area contributed by atoms with Gasteiger partial charge in [-0.25, -0.2) is 4.57 Å². The molecule has 0 saturated heterocycles. The molecule has 9 nitrogen and oxygen atoms in total. The Labute approximate surface area is 633 Å². The molecule has 0 aliphatic carbocycles. The second-order valence-electron chi connectivity index (χ2n) is 30.6. The van der Waals surface area contributed by atoms with Gasteiger partial charge in [0.2, 0.25) is 0 Å². The molecule has 0 aromatic carbocycles. The molecule has 0 bridgehead atoms. The topological polar surface area (TPSA) is 108 Å². The van der Waals surface area contributed by atoms with Crippen LogP contribution in [0.1, 0.15) is 412 Å². The molecule has 0 aliphatic heterocycles. The number of hydrogen-bond acceptors (Lipinski definition) is 7. The number of phosphoric acid groups is 1. The van der Waals surface area contributed by atoms with Crippen molar-refractivity contribution < 1.29 is 42.1 Å². The number of carbonyl (C=O) groups is 2. The number of phosphoric ester groups is 1. The molecule has 1 N–H and O–H groups in total. The van der Waals surface area contributed by atoms with Crippen LogP contribution in [0.3, 0.4) is 0 Å². The van der Waals surface area contributed by atoms with E-state index in [-0.39, 0.29) is 32.0 Å². The predicted molar refractivity (Wildman–Crippen MR) is 445 cm³/mol. The van der Waals surface area contributed by atoms with Gasteiger partial charge in [-0.05, 0) is 83.5 Å². The molecule has 2 atom stereocenters. The number of likely N-dealkylation sites (N-methyl/N-ethyl adjacent to an activating group) is 1. The highest BCUT2D eigenvalue weighted by Crippen LogP contribution is 2.43. The Balaban J connectivity index is 3.93. The van der Waals surface area contributed by atoms with Crippen LogP contribution in [0.15, 0.2) is 109 Å². The average Bonchev–Trinajstić information content (AvgIpc) is 0.913. The summed E-state index contributed by atoms with van der Waals surface area (Å²) < 4.78 is 34.9. The monoisotopic (exact) mass is 1450 g/mol. The lowest BCUT2D eigenvalue weighted by Gasteiger charge is -2.24. The SMILES string of the molecule is CC/C=C\C/C=C\C/C=C\C/C=C\C/C=C\C/C=C\C/C=C\C/C=C\C/C=C\CCCCCCCCCCCC(=O)OC(COC(=O)CCCCCCCCCCCCCCCCCCCCCCCCCCCCCCCCCCCCCCCCCCC)COP(=O)(O)OCC[N+](C)(C)C. The second-order valence-corrected chi connectivity index (χ2v) is 32.0. The molecular weight excluding hydrogens is 1280 g/mol. The van der Waals surface area contributed by atoms with E-state index in [4.69, 9.17) is 18.5 Å². The first-order valence-corrected chi connectivity index (χ1v) is 45.1. The molecule has 2 unspecified atom stereocenters. The van der Waals surface area contributed by atoms with Crippen LogP contribution in [-0.4, -0.2) is 74.9 Å². The van der Waals surface area contributed by atoms with Gasteiger partial charge in [0.15, 0.2) is 6.10 Å². The van der Waals surface area contributed by atoms with Crippen molar-refractivity contribution in [2.75, 3.05) is 47.5 Å². The Morgan fingerprint density at radius 1 is 0.314 bits per heavy atom. The van der Waals surface area contributed by atoms with Crippen molar-refractivity contribution in [3.8, 4) is 0 Å². The van der Waals surface area contributed by atoms with E-state index in [1.165, 1.54) is 276 Å². The normalized spacial score (nSPS) is 13.5. The van der Waals surface area contributed by atoms with Crippen molar-refractivity contribution in [3.05, 3.63) is 109 Å². The Kier molecular flexibility index (Phi) is 79.1. The first-order chi connectivity index (χ1) is 50.0. The first kappa shape index (κ1) is 98.7. The largest absolute Gasteiger partial charge is 0.472 e. The first-order valence-electron chi connectivity index (χ1n) is 43.6. The number of esters is 2. The second kappa shape index (κ2) is 81.7. The number of carbonyl (C=O) groups excluding carboxylic acids is 2. The van der Waals surface area contributed by atoms with E-state index in [1.54, 1.807) is 0 Å². The zero-order chi connectivity index (χ0) is 74.0. The molecule has 0 aromatic heterocycles. The van der Waals surface area contributed by atoms with Gasteiger partial charge >= 0.3 is 19.8 Å². The van der Waals surface area contributed by atoms with Crippen molar-refractivity contribution in [2.45, 2.75) is 418 Å². The summed E-state index contributed by atoms with van der Waals surface area (Å²) in [6, 6.07) is 0. The van der Waals surface area contributed by atoms with E-state index in [0.717, 1.165) is 103 Å². The minimum Gasteiger partial charge on any atom is -0.462 e. The van der Waals surface area contributed by atoms with Crippen molar-refractivity contribution in [3.63, 3.8) is 0 Å². The molecule has 10 heteroatoms. The third-order valence-corrected chi connectivity index (χ3v) is 20.3. The highest BCUT2D eigenvalue weighted by molar-refractivity contribution is 7.47. The van der Waals surface area contributed by atoms with Gasteiger partial charge in [0.1, 0.15) is 19.8 Å². The summed E-state index contributed by atoms with van der Waals surface area (Å²) in [5.41, 5.74) is 0. The number of allylic oxidation sites excluding steroid dienone is 18. The molecule has 0 aliphatic rings. The molecule has 0 aromatic rings. The maximum absolute atomic E-state index is 12.9. The lowest BCUT2D eigenvalue weighted by atomic mass is 10.0. The van der Waals surface area contributed by atoms with Crippen molar-refractivity contribution in [1.29, 1.82) is 0 Å². The van der Waals surface area contributed by atoms with Crippen LogP contribution in [0, 0.1) is 0 Å². The Morgan fingerprint density at radius 2 is 0.559 bits per heavy atom. The molecule has 0 heterocycles. The van der Waals surface area contributed by atoms with Crippen molar-refractivity contribution >= 4 is 19.8 Å². The summed E-state index contributed by atoms with van der Waals surface area (Å²) in [6.45, 7) is 4.36. The molecule has 0 rings (SSSR count). The standard InChI is InChI=1S/C92H166NO8P/c1-6-8-10-12-14-16-18-20-22-24-26-28-30-32-34-36-38-40-42-44-45-46-47-49-50-52-54-56-58-60-62-64-66-68-70-72-74-76-78-80-82-84-91(94)98-88-90(89-100-102(96,97)99-87-86-93(3,4)5)101-92(95)85-83-81-79-77-75-73-71-69-67-65-63-61-59-57-55-53-51-48-43-41-39-37-35-33-31-29-27-25-23-21-19-17-15-13-11-9-7-2/h9,11,15,17,21,23,27,29,33,35,39,41,48,51,55,57,61,63,90H,6-8,10,12-14,16,18-20,22,24-26,28,30-32,34,36-38,40,42-47,49-50,52-54,56,58-60,62,64-89H2,1-5H3/p+1/b11-9-,17-15-,23-21-,29-27-,35-33-,41-39-,51-48-,57-55-,63-61-. The summed E-state index contributed by atoms with van der Waals surface area (Å²) >= 11 is 0. The van der Waals surface area contributed by atoms with Gasteiger partial charge in [-0.2, -0.15) is 0 Å². The number of hydrogen-bond donors (Lipinski definition) is 1. The molecule has 0 saturated carbocycles. The van der Waals surface area contributed by atoms with Gasteiger partial charge in [0, 0.05) is 12.8 Å². The van der Waals surface area contributed by atoms with Gasteiger partial charge in [-0.3, -0.25) is 18.6 Å². The van der Waals surface area contributed by atoms with Crippen LogP contribution in [0.25, 0.3) is 0 Å². The van der Waals surface area contributed by atoms with Gasteiger partial charge in [-0.1, -0.05) is 425 Å². The minimum absolute atomic E-state index is 0.0277. The highest BCUT2D eigenvalue weighted by atomic mass is 31.2. The summed E-state index contributed by atoms with van der Waals surface area (Å²) in [7, 11) is 1.48. The van der Waals surface area contributed by atoms with Gasteiger partial charge in [-0.15, -0.1) is 0 Å². The van der Waals surface area contributed by atoms with Crippen LogP contribution >= 0.6 is 7.82 Å². The van der Waals surface area contributed by atoms with Crippen LogP contribution in [0.5, 0.6) is 0 Å². The van der Waals surface area contributed by atoms with Crippen LogP contribution in [0.2, 0.25) is 0 Å². The van der Waals surface area contributed by atoms with E-state index in [0.29, 0.717) is 17.4 Å². The molecule has 592 valence electrons. The Morgan fingerprint density at radius 3 is 0.833 bits per heavy atom. The van der Waals surface area contributed by atoms with E-state index in [9.17, 15) is 19.0 Å². The van der Waals surface area contributed by atoms with E-state index >= 15 is 0 Å². The van der Waals surface area contributed by atoms with E-state index < -0.39 is 26.5 Å². The van der Waals surface area contributed by atoms with Gasteiger partial charge < -0.3 is 18.9 Å². The number of rotatable bonds is 81. The molecular formula is C92H167NO8P+. The maximum Gasteiger partial charge on any atom is 0.472 e. The quantitative estimate of drug-likeness (QED) is 0.0211. The smallest absolute Gasteiger partial charge is 0.462 e. The molecule has 0 radical (unpaired) electrons. The number of quaternary nitrogens is 1. The summed E-state index contributed by atoms with van der Waals surface area (Å²) in [6.07, 6.45) is 117. The fraction of sp³-hybridized carbons (Fsp3) is 0.783. The van der Waals surface area contributed by atoms with Gasteiger partial charge in [0.25, 0.3) is 0 Å². The zero-order valence-corrected chi connectivity index (χ0v) is 68.7. The fourth-order valence-corrected chi connectivity index (χ4v) is 13.5. The lowest BCUT2D eigenvalue weighted by Crippen LogP contribution is -2.37. The molecule has 0 fully saturated rings. The number of unbranched alkanes of at least 4 members (excludes halogenated alkanes) is 49. The summed E-state index contributed by atoms with van der Waals surface area (Å²) in [4.78, 5) is 36.0. The van der Waals surface area contributed by atoms with Crippen molar-refractivity contribution in [2.24, 2.45) is 0 Å². The third kappa shape index (κ3) is 85.6. The third-order valence-electron chi connectivity index (χ3n) is 19.3. The van der Waals surface area contributed by atoms with Crippen LogP contribution < -0.4 is 0 Å². The Hall–Kier alpha value is -3.33. The maximum atomic E-state index is 12.9. The molecule has 0 amide bonds. The molecule has 0 spiro atoms. The van der Waals surface area contributed by atoms with E-state index in [2.05, 4.69) is 123 Å². The Bertz CT molecular complexity index is 2100. The van der Waals surface area contributed by atoms with Crippen LogP contribution in [-0.2, 0) is 32.7 Å². The average molecular weight is 1450 g/mol. The zero-order valence-electron chi connectivity index (χ0n) is 67.8. The summed E-state index contributed by atoms with van der Waals surface area (Å²) in [5.74, 6) is -0.792. The fourth-order valence-electron chi connectivity index (χ4n) is 12.7.